The summed E-state index contributed by atoms with van der Waals surface area (Å²) in [6.07, 6.45) is 3.56. The van der Waals surface area contributed by atoms with Crippen molar-refractivity contribution in [1.82, 2.24) is 5.09 Å². The van der Waals surface area contributed by atoms with Crippen molar-refractivity contribution in [2.24, 2.45) is 23.7 Å². The Bertz CT molecular complexity index is 352. The van der Waals surface area contributed by atoms with Crippen molar-refractivity contribution < 1.29 is 14.0 Å². The van der Waals surface area contributed by atoms with Gasteiger partial charge in [-0.3, -0.25) is 4.52 Å². The Kier molecular flexibility index (Phi) is 6.28. The van der Waals surface area contributed by atoms with E-state index in [2.05, 4.69) is 25.9 Å². The van der Waals surface area contributed by atoms with E-state index in [0.29, 0.717) is 30.3 Å². The van der Waals surface area contributed by atoms with Gasteiger partial charge in [0.15, 0.2) is 0 Å². The highest BCUT2D eigenvalue weighted by Gasteiger charge is 2.34. The van der Waals surface area contributed by atoms with Crippen molar-refractivity contribution in [3.8, 4) is 0 Å². The van der Waals surface area contributed by atoms with Gasteiger partial charge >= 0.3 is 7.75 Å². The molecule has 5 heteroatoms. The molecule has 0 aromatic rings. The fourth-order valence-electron chi connectivity index (χ4n) is 3.24. The van der Waals surface area contributed by atoms with E-state index >= 15 is 0 Å². The highest BCUT2D eigenvalue weighted by atomic mass is 31.2. The van der Waals surface area contributed by atoms with Crippen LogP contribution in [0.25, 0.3) is 0 Å². The standard InChI is InChI=1S/C15H32NO3P/c1-11(2)14-8-7-12(3)9-13(14)10-19-20(17,18)16-15(4,5)6/h11-14H,7-10H2,1-6H3,(H2,16,17,18). The summed E-state index contributed by atoms with van der Waals surface area (Å²) in [6.45, 7) is 12.7. The van der Waals surface area contributed by atoms with Crippen LogP contribution in [0, 0.1) is 23.7 Å². The van der Waals surface area contributed by atoms with E-state index in [-0.39, 0.29) is 0 Å². The highest BCUT2D eigenvalue weighted by molar-refractivity contribution is 7.50. The SMILES string of the molecule is CC1CCC(C(C)C)C(COP(=O)(O)NC(C)(C)C)C1. The molecule has 1 saturated carbocycles. The normalized spacial score (nSPS) is 31.3. The second-order valence-corrected chi connectivity index (χ2v) is 9.29. The lowest BCUT2D eigenvalue weighted by atomic mass is 9.70. The third-order valence-electron chi connectivity index (χ3n) is 4.10. The van der Waals surface area contributed by atoms with E-state index in [1.165, 1.54) is 12.8 Å². The van der Waals surface area contributed by atoms with Crippen LogP contribution in [0.2, 0.25) is 0 Å². The van der Waals surface area contributed by atoms with Crippen molar-refractivity contribution in [1.29, 1.82) is 0 Å². The molecule has 120 valence electrons. The average Bonchev–Trinajstić information content (AvgIpc) is 2.22. The predicted octanol–water partition coefficient (Wildman–Crippen LogP) is 4.20. The molecule has 0 heterocycles. The van der Waals surface area contributed by atoms with Crippen LogP contribution in [-0.2, 0) is 9.09 Å². The fraction of sp³-hybridized carbons (Fsp3) is 1.00. The minimum absolute atomic E-state index is 0.379. The summed E-state index contributed by atoms with van der Waals surface area (Å²) >= 11 is 0. The molecule has 0 bridgehead atoms. The quantitative estimate of drug-likeness (QED) is 0.747. The van der Waals surface area contributed by atoms with Crippen molar-refractivity contribution in [3.05, 3.63) is 0 Å². The van der Waals surface area contributed by atoms with Crippen LogP contribution in [0.15, 0.2) is 0 Å². The van der Waals surface area contributed by atoms with Gasteiger partial charge in [0.05, 0.1) is 6.61 Å². The zero-order valence-corrected chi connectivity index (χ0v) is 14.7. The van der Waals surface area contributed by atoms with Gasteiger partial charge in [-0.15, -0.1) is 0 Å². The summed E-state index contributed by atoms with van der Waals surface area (Å²) in [5, 5.41) is 2.68. The van der Waals surface area contributed by atoms with Crippen LogP contribution >= 0.6 is 7.75 Å². The van der Waals surface area contributed by atoms with Gasteiger partial charge in [-0.1, -0.05) is 27.2 Å². The fourth-order valence-corrected chi connectivity index (χ4v) is 4.55. The van der Waals surface area contributed by atoms with E-state index < -0.39 is 13.3 Å². The predicted molar refractivity (Wildman–Crippen MR) is 83.5 cm³/mol. The molecule has 1 aliphatic rings. The molecular formula is C15H32NO3P. The Morgan fingerprint density at radius 2 is 1.95 bits per heavy atom. The van der Waals surface area contributed by atoms with Crippen LogP contribution in [0.5, 0.6) is 0 Å². The van der Waals surface area contributed by atoms with Crippen molar-refractivity contribution in [2.75, 3.05) is 6.61 Å². The molecule has 0 radical (unpaired) electrons. The molecule has 0 saturated heterocycles. The summed E-state index contributed by atoms with van der Waals surface area (Å²) in [6, 6.07) is 0. The lowest BCUT2D eigenvalue weighted by molar-refractivity contribution is 0.0849. The average molecular weight is 305 g/mol. The zero-order chi connectivity index (χ0) is 15.6. The first-order valence-electron chi connectivity index (χ1n) is 7.77. The molecule has 1 fully saturated rings. The lowest BCUT2D eigenvalue weighted by Gasteiger charge is -2.37. The first-order chi connectivity index (χ1) is 9.00. The lowest BCUT2D eigenvalue weighted by Crippen LogP contribution is -2.35. The molecule has 0 aromatic carbocycles. The molecule has 4 nitrogen and oxygen atoms in total. The maximum Gasteiger partial charge on any atom is 0.403 e. The zero-order valence-electron chi connectivity index (χ0n) is 13.8. The van der Waals surface area contributed by atoms with Crippen LogP contribution in [0.1, 0.15) is 60.8 Å². The van der Waals surface area contributed by atoms with Crippen LogP contribution in [0.3, 0.4) is 0 Å². The number of nitrogens with one attached hydrogen (secondary N) is 1. The molecule has 1 aliphatic carbocycles. The molecule has 0 aromatic heterocycles. The van der Waals surface area contributed by atoms with Gasteiger partial charge in [0, 0.05) is 5.54 Å². The summed E-state index contributed by atoms with van der Waals surface area (Å²) in [5.74, 6) is 2.28. The largest absolute Gasteiger partial charge is 0.403 e. The number of rotatable bonds is 5. The topological polar surface area (TPSA) is 58.6 Å². The van der Waals surface area contributed by atoms with Crippen LogP contribution in [-0.4, -0.2) is 17.0 Å². The molecule has 4 unspecified atom stereocenters. The molecule has 0 spiro atoms. The first-order valence-corrected chi connectivity index (χ1v) is 9.34. The highest BCUT2D eigenvalue weighted by Crippen LogP contribution is 2.44. The summed E-state index contributed by atoms with van der Waals surface area (Å²) in [4.78, 5) is 9.89. The minimum Gasteiger partial charge on any atom is -0.312 e. The monoisotopic (exact) mass is 305 g/mol. The maximum absolute atomic E-state index is 12.1. The maximum atomic E-state index is 12.1. The Morgan fingerprint density at radius 3 is 2.45 bits per heavy atom. The Labute approximate surface area is 124 Å². The molecule has 0 aliphatic heterocycles. The Morgan fingerprint density at radius 1 is 1.35 bits per heavy atom. The third kappa shape index (κ3) is 6.26. The molecule has 20 heavy (non-hydrogen) atoms. The Hall–Kier alpha value is 0.110. The van der Waals surface area contributed by atoms with Gasteiger partial charge in [-0.2, -0.15) is 0 Å². The smallest absolute Gasteiger partial charge is 0.312 e. The van der Waals surface area contributed by atoms with Crippen molar-refractivity contribution >= 4 is 7.75 Å². The van der Waals surface area contributed by atoms with E-state index in [1.807, 2.05) is 20.8 Å². The Balaban J connectivity index is 2.59. The number of hydrogen-bond acceptors (Lipinski definition) is 2. The van der Waals surface area contributed by atoms with Crippen LogP contribution < -0.4 is 5.09 Å². The molecule has 1 rings (SSSR count). The summed E-state index contributed by atoms with van der Waals surface area (Å²) < 4.78 is 17.4. The minimum atomic E-state index is -3.71. The van der Waals surface area contributed by atoms with Gasteiger partial charge in [-0.05, 0) is 57.3 Å². The van der Waals surface area contributed by atoms with Crippen molar-refractivity contribution in [2.45, 2.75) is 66.3 Å². The van der Waals surface area contributed by atoms with Gasteiger partial charge < -0.3 is 4.89 Å². The van der Waals surface area contributed by atoms with E-state index in [1.54, 1.807) is 0 Å². The molecule has 4 atom stereocenters. The van der Waals surface area contributed by atoms with Gasteiger partial charge in [0.1, 0.15) is 0 Å². The molecular weight excluding hydrogens is 273 g/mol. The summed E-state index contributed by atoms with van der Waals surface area (Å²) in [7, 11) is -3.71. The summed E-state index contributed by atoms with van der Waals surface area (Å²) in [5.41, 5.74) is -0.429. The third-order valence-corrected chi connectivity index (χ3v) is 5.55. The number of hydrogen-bond donors (Lipinski definition) is 2. The van der Waals surface area contributed by atoms with Gasteiger partial charge in [0.25, 0.3) is 0 Å². The van der Waals surface area contributed by atoms with Gasteiger partial charge in [-0.25, -0.2) is 9.65 Å². The van der Waals surface area contributed by atoms with Gasteiger partial charge in [0.2, 0.25) is 0 Å². The van der Waals surface area contributed by atoms with E-state index in [9.17, 15) is 9.46 Å². The van der Waals surface area contributed by atoms with Crippen LogP contribution in [0.4, 0.5) is 0 Å². The van der Waals surface area contributed by atoms with E-state index in [4.69, 9.17) is 4.52 Å². The first kappa shape index (κ1) is 18.2. The van der Waals surface area contributed by atoms with E-state index in [0.717, 1.165) is 6.42 Å². The second kappa shape index (κ2) is 6.91. The molecule has 0 amide bonds. The van der Waals surface area contributed by atoms with Crippen molar-refractivity contribution in [3.63, 3.8) is 0 Å². The second-order valence-electron chi connectivity index (χ2n) is 7.76. The molecule has 2 N–H and O–H groups in total.